The third kappa shape index (κ3) is 2.65. The zero-order valence-electron chi connectivity index (χ0n) is 9.73. The first-order chi connectivity index (χ1) is 8.20. The molecule has 17 heavy (non-hydrogen) atoms. The Morgan fingerprint density at radius 2 is 2.24 bits per heavy atom. The third-order valence-electron chi connectivity index (χ3n) is 2.71. The van der Waals surface area contributed by atoms with E-state index < -0.39 is 0 Å². The summed E-state index contributed by atoms with van der Waals surface area (Å²) in [6.07, 6.45) is 0.561. The van der Waals surface area contributed by atoms with E-state index in [9.17, 15) is 4.79 Å². The van der Waals surface area contributed by atoms with Crippen LogP contribution in [-0.4, -0.2) is 28.6 Å². The summed E-state index contributed by atoms with van der Waals surface area (Å²) < 4.78 is 0. The molecule has 2 aromatic rings. The molecule has 90 valence electrons. The van der Waals surface area contributed by atoms with Crippen LogP contribution < -0.4 is 5.32 Å². The van der Waals surface area contributed by atoms with E-state index in [1.165, 1.54) is 0 Å². The molecule has 0 aliphatic carbocycles. The molecule has 1 heterocycles. The van der Waals surface area contributed by atoms with Gasteiger partial charge in [0.2, 0.25) is 0 Å². The predicted octanol–water partition coefficient (Wildman–Crippen LogP) is 1.67. The van der Waals surface area contributed by atoms with Crippen LogP contribution in [0.4, 0.5) is 0 Å². The molecular weight excluding hydrogens is 216 g/mol. The lowest BCUT2D eigenvalue weighted by Crippen LogP contribution is -2.33. The molecule has 1 atom stereocenters. The Labute approximate surface area is 99.7 Å². The molecule has 1 amide bonds. The lowest BCUT2D eigenvalue weighted by atomic mass is 10.2. The molecule has 0 spiro atoms. The van der Waals surface area contributed by atoms with Crippen molar-refractivity contribution >= 4 is 16.8 Å². The number of benzene rings is 1. The summed E-state index contributed by atoms with van der Waals surface area (Å²) in [6, 6.07) is 9.56. The second-order valence-electron chi connectivity index (χ2n) is 4.16. The fraction of sp³-hybridized carbons (Fsp3) is 0.308. The summed E-state index contributed by atoms with van der Waals surface area (Å²) in [7, 11) is 0. The molecule has 0 saturated heterocycles. The van der Waals surface area contributed by atoms with Gasteiger partial charge in [0.05, 0.1) is 0 Å². The molecule has 2 rings (SSSR count). The van der Waals surface area contributed by atoms with Crippen LogP contribution in [0.3, 0.4) is 0 Å². The van der Waals surface area contributed by atoms with Crippen LogP contribution in [0.1, 0.15) is 23.8 Å². The van der Waals surface area contributed by atoms with Crippen LogP contribution in [0.25, 0.3) is 10.9 Å². The highest BCUT2D eigenvalue weighted by molar-refractivity contribution is 5.98. The first kappa shape index (κ1) is 11.7. The summed E-state index contributed by atoms with van der Waals surface area (Å²) >= 11 is 0. The lowest BCUT2D eigenvalue weighted by Gasteiger charge is -2.11. The maximum absolute atomic E-state index is 11.9. The molecule has 3 N–H and O–H groups in total. The van der Waals surface area contributed by atoms with E-state index in [1.54, 1.807) is 0 Å². The highest BCUT2D eigenvalue weighted by atomic mass is 16.3. The second kappa shape index (κ2) is 5.01. The lowest BCUT2D eigenvalue weighted by molar-refractivity contribution is 0.0930. The number of rotatable bonds is 4. The van der Waals surface area contributed by atoms with Crippen LogP contribution in [0.15, 0.2) is 30.3 Å². The first-order valence-corrected chi connectivity index (χ1v) is 5.70. The van der Waals surface area contributed by atoms with Crippen molar-refractivity contribution in [1.29, 1.82) is 0 Å². The summed E-state index contributed by atoms with van der Waals surface area (Å²) in [5.74, 6) is -0.137. The normalized spacial score (nSPS) is 12.6. The van der Waals surface area contributed by atoms with E-state index in [-0.39, 0.29) is 18.6 Å². The SMILES string of the molecule is CC(CCO)NC(=O)c1cc2ccccc2[nH]1. The molecule has 0 fully saturated rings. The average molecular weight is 232 g/mol. The number of H-pyrrole nitrogens is 1. The van der Waals surface area contributed by atoms with Crippen molar-refractivity contribution in [1.82, 2.24) is 10.3 Å². The van der Waals surface area contributed by atoms with E-state index in [0.29, 0.717) is 12.1 Å². The minimum atomic E-state index is -0.137. The van der Waals surface area contributed by atoms with Gasteiger partial charge in [-0.05, 0) is 25.5 Å². The van der Waals surface area contributed by atoms with Crippen molar-refractivity contribution in [3.05, 3.63) is 36.0 Å². The summed E-state index contributed by atoms with van der Waals surface area (Å²) in [5, 5.41) is 12.6. The zero-order chi connectivity index (χ0) is 12.3. The van der Waals surface area contributed by atoms with Gasteiger partial charge in [-0.3, -0.25) is 4.79 Å². The van der Waals surface area contributed by atoms with Gasteiger partial charge in [0.1, 0.15) is 5.69 Å². The number of nitrogens with one attached hydrogen (secondary N) is 2. The van der Waals surface area contributed by atoms with Gasteiger partial charge in [0.25, 0.3) is 5.91 Å². The van der Waals surface area contributed by atoms with E-state index >= 15 is 0 Å². The van der Waals surface area contributed by atoms with Gasteiger partial charge in [-0.1, -0.05) is 18.2 Å². The van der Waals surface area contributed by atoms with Crippen molar-refractivity contribution in [2.45, 2.75) is 19.4 Å². The monoisotopic (exact) mass is 232 g/mol. The van der Waals surface area contributed by atoms with E-state index in [4.69, 9.17) is 5.11 Å². The summed E-state index contributed by atoms with van der Waals surface area (Å²) in [5.41, 5.74) is 1.50. The van der Waals surface area contributed by atoms with Gasteiger partial charge in [-0.25, -0.2) is 0 Å². The topological polar surface area (TPSA) is 65.1 Å². The minimum Gasteiger partial charge on any atom is -0.396 e. The number of amides is 1. The van der Waals surface area contributed by atoms with Crippen molar-refractivity contribution < 1.29 is 9.90 Å². The Kier molecular flexibility index (Phi) is 3.44. The van der Waals surface area contributed by atoms with Crippen molar-refractivity contribution in [2.75, 3.05) is 6.61 Å². The van der Waals surface area contributed by atoms with Crippen molar-refractivity contribution in [3.63, 3.8) is 0 Å². The van der Waals surface area contributed by atoms with Crippen molar-refractivity contribution in [3.8, 4) is 0 Å². The number of carbonyl (C=O) groups excluding carboxylic acids is 1. The number of aliphatic hydroxyl groups is 1. The molecule has 1 aromatic carbocycles. The summed E-state index contributed by atoms with van der Waals surface area (Å²) in [4.78, 5) is 14.9. The number of carbonyl (C=O) groups is 1. The first-order valence-electron chi connectivity index (χ1n) is 5.70. The molecule has 0 bridgehead atoms. The number of fused-ring (bicyclic) bond motifs is 1. The van der Waals surface area contributed by atoms with Crippen LogP contribution in [-0.2, 0) is 0 Å². The molecule has 1 aromatic heterocycles. The largest absolute Gasteiger partial charge is 0.396 e. The van der Waals surface area contributed by atoms with E-state index in [1.807, 2.05) is 37.3 Å². The van der Waals surface area contributed by atoms with Gasteiger partial charge in [0.15, 0.2) is 0 Å². The Balaban J connectivity index is 2.13. The van der Waals surface area contributed by atoms with Crippen LogP contribution in [0.5, 0.6) is 0 Å². The Bertz CT molecular complexity index is 486. The quantitative estimate of drug-likeness (QED) is 0.750. The molecule has 1 unspecified atom stereocenters. The smallest absolute Gasteiger partial charge is 0.267 e. The molecule has 0 saturated carbocycles. The number of hydrogen-bond donors (Lipinski definition) is 3. The van der Waals surface area contributed by atoms with Crippen LogP contribution in [0.2, 0.25) is 0 Å². The van der Waals surface area contributed by atoms with Gasteiger partial charge in [0, 0.05) is 23.6 Å². The minimum absolute atomic E-state index is 0.0288. The highest BCUT2D eigenvalue weighted by Gasteiger charge is 2.11. The molecular formula is C13H16N2O2. The standard InChI is InChI=1S/C13H16N2O2/c1-9(6-7-16)14-13(17)12-8-10-4-2-3-5-11(10)15-12/h2-5,8-9,15-16H,6-7H2,1H3,(H,14,17). The molecule has 4 heteroatoms. The maximum Gasteiger partial charge on any atom is 0.267 e. The number of aromatic amines is 1. The van der Waals surface area contributed by atoms with Crippen molar-refractivity contribution in [2.24, 2.45) is 0 Å². The van der Waals surface area contributed by atoms with Gasteiger partial charge < -0.3 is 15.4 Å². The molecule has 0 aliphatic rings. The number of hydrogen-bond acceptors (Lipinski definition) is 2. The van der Waals surface area contributed by atoms with Crippen LogP contribution in [0, 0.1) is 0 Å². The number of para-hydroxylation sites is 1. The molecule has 0 aliphatic heterocycles. The number of aromatic nitrogens is 1. The average Bonchev–Trinajstić information content (AvgIpc) is 2.72. The van der Waals surface area contributed by atoms with Gasteiger partial charge in [-0.2, -0.15) is 0 Å². The molecule has 0 radical (unpaired) electrons. The Morgan fingerprint density at radius 1 is 1.47 bits per heavy atom. The third-order valence-corrected chi connectivity index (χ3v) is 2.71. The maximum atomic E-state index is 11.9. The van der Waals surface area contributed by atoms with Gasteiger partial charge >= 0.3 is 0 Å². The highest BCUT2D eigenvalue weighted by Crippen LogP contribution is 2.14. The Hall–Kier alpha value is -1.81. The molecule has 4 nitrogen and oxygen atoms in total. The predicted molar refractivity (Wildman–Crippen MR) is 66.9 cm³/mol. The number of aliphatic hydroxyl groups excluding tert-OH is 1. The van der Waals surface area contributed by atoms with Gasteiger partial charge in [-0.15, -0.1) is 0 Å². The fourth-order valence-electron chi connectivity index (χ4n) is 1.76. The van der Waals surface area contributed by atoms with Crippen LogP contribution >= 0.6 is 0 Å². The van der Waals surface area contributed by atoms with E-state index in [2.05, 4.69) is 10.3 Å². The summed E-state index contributed by atoms with van der Waals surface area (Å²) in [6.45, 7) is 1.95. The van der Waals surface area contributed by atoms with E-state index in [0.717, 1.165) is 10.9 Å². The fourth-order valence-corrected chi connectivity index (χ4v) is 1.76. The Morgan fingerprint density at radius 3 is 2.94 bits per heavy atom. The zero-order valence-corrected chi connectivity index (χ0v) is 9.73. The second-order valence-corrected chi connectivity index (χ2v) is 4.16.